The van der Waals surface area contributed by atoms with E-state index in [1.165, 1.54) is 0 Å². The molecule has 118 valence electrons. The van der Waals surface area contributed by atoms with Crippen molar-refractivity contribution >= 4 is 23.3 Å². The van der Waals surface area contributed by atoms with E-state index >= 15 is 0 Å². The zero-order valence-electron chi connectivity index (χ0n) is 13.3. The summed E-state index contributed by atoms with van der Waals surface area (Å²) in [5.74, 6) is 0.478. The van der Waals surface area contributed by atoms with Crippen LogP contribution in [0, 0.1) is 0 Å². The number of benzene rings is 2. The average Bonchev–Trinajstić information content (AvgIpc) is 2.94. The molecule has 2 nitrogen and oxygen atoms in total. The molecule has 2 aromatic rings. The summed E-state index contributed by atoms with van der Waals surface area (Å²) >= 11 is 1.67. The first-order valence-corrected chi connectivity index (χ1v) is 8.96. The number of rotatable bonds is 6. The Hall–Kier alpha value is -1.87. The van der Waals surface area contributed by atoms with Crippen LogP contribution in [-0.4, -0.2) is 11.6 Å². The van der Waals surface area contributed by atoms with Gasteiger partial charge in [-0.1, -0.05) is 43.3 Å². The van der Waals surface area contributed by atoms with Gasteiger partial charge < -0.3 is 0 Å². The third-order valence-corrected chi connectivity index (χ3v) is 5.17. The van der Waals surface area contributed by atoms with E-state index in [-0.39, 0.29) is 11.6 Å². The first-order valence-electron chi connectivity index (χ1n) is 8.14. The number of Topliss-reactive ketones (excluding diaryl/α,β-unsaturated/α-hetero) is 2. The molecule has 0 unspecified atom stereocenters. The molecule has 0 bridgehead atoms. The SMILES string of the molecule is CCCCC(=O)c1ccc(Sc2ccc3c(c2)CCC3=O)cc1. The van der Waals surface area contributed by atoms with Gasteiger partial charge in [0.05, 0.1) is 0 Å². The summed E-state index contributed by atoms with van der Waals surface area (Å²) in [6, 6.07) is 13.9. The molecule has 0 fully saturated rings. The maximum atomic E-state index is 12.0. The number of fused-ring (bicyclic) bond motifs is 1. The Morgan fingerprint density at radius 2 is 1.78 bits per heavy atom. The lowest BCUT2D eigenvalue weighted by Crippen LogP contribution is -1.98. The van der Waals surface area contributed by atoms with Crippen molar-refractivity contribution < 1.29 is 9.59 Å². The van der Waals surface area contributed by atoms with Gasteiger partial charge in [-0.25, -0.2) is 0 Å². The van der Waals surface area contributed by atoms with Crippen molar-refractivity contribution in [1.82, 2.24) is 0 Å². The quantitative estimate of drug-likeness (QED) is 0.673. The van der Waals surface area contributed by atoms with E-state index in [0.717, 1.165) is 45.7 Å². The summed E-state index contributed by atoms with van der Waals surface area (Å²) in [5, 5.41) is 0. The highest BCUT2D eigenvalue weighted by atomic mass is 32.2. The summed E-state index contributed by atoms with van der Waals surface area (Å²) in [4.78, 5) is 25.9. The lowest BCUT2D eigenvalue weighted by atomic mass is 10.1. The van der Waals surface area contributed by atoms with E-state index in [1.54, 1.807) is 11.8 Å². The van der Waals surface area contributed by atoms with Gasteiger partial charge in [-0.3, -0.25) is 9.59 Å². The fourth-order valence-corrected chi connectivity index (χ4v) is 3.70. The van der Waals surface area contributed by atoms with Gasteiger partial charge in [0.25, 0.3) is 0 Å². The number of ketones is 2. The smallest absolute Gasteiger partial charge is 0.163 e. The molecular weight excluding hydrogens is 304 g/mol. The monoisotopic (exact) mass is 324 g/mol. The Labute approximate surface area is 141 Å². The van der Waals surface area contributed by atoms with Crippen molar-refractivity contribution in [3.63, 3.8) is 0 Å². The van der Waals surface area contributed by atoms with E-state index in [4.69, 9.17) is 0 Å². The van der Waals surface area contributed by atoms with Crippen LogP contribution in [0.25, 0.3) is 0 Å². The van der Waals surface area contributed by atoms with Crippen molar-refractivity contribution in [3.8, 4) is 0 Å². The van der Waals surface area contributed by atoms with Gasteiger partial charge in [0.15, 0.2) is 11.6 Å². The molecule has 0 heterocycles. The summed E-state index contributed by atoms with van der Waals surface area (Å²) in [7, 11) is 0. The molecule has 1 aliphatic rings. The van der Waals surface area contributed by atoms with Gasteiger partial charge in [-0.15, -0.1) is 0 Å². The molecule has 0 spiro atoms. The molecule has 0 amide bonds. The molecule has 2 aromatic carbocycles. The standard InChI is InChI=1S/C20H20O2S/c1-2-3-4-19(21)14-5-8-16(9-6-14)23-17-10-11-18-15(13-17)7-12-20(18)22/h5-6,8-11,13H,2-4,7,12H2,1H3. The summed E-state index contributed by atoms with van der Waals surface area (Å²) in [6.07, 6.45) is 4.11. The van der Waals surface area contributed by atoms with Crippen molar-refractivity contribution in [2.24, 2.45) is 0 Å². The predicted molar refractivity (Wildman–Crippen MR) is 93.5 cm³/mol. The lowest BCUT2D eigenvalue weighted by Gasteiger charge is -2.06. The Kier molecular flexibility index (Phi) is 4.97. The second-order valence-electron chi connectivity index (χ2n) is 5.90. The molecule has 0 radical (unpaired) electrons. The van der Waals surface area contributed by atoms with E-state index in [2.05, 4.69) is 13.0 Å². The molecule has 3 heteroatoms. The molecule has 0 saturated carbocycles. The minimum absolute atomic E-state index is 0.222. The zero-order valence-corrected chi connectivity index (χ0v) is 14.1. The van der Waals surface area contributed by atoms with Crippen LogP contribution in [0.15, 0.2) is 52.3 Å². The van der Waals surface area contributed by atoms with Crippen LogP contribution in [0.4, 0.5) is 0 Å². The fourth-order valence-electron chi connectivity index (χ4n) is 2.82. The Balaban J connectivity index is 1.69. The third kappa shape index (κ3) is 3.73. The average molecular weight is 324 g/mol. The highest BCUT2D eigenvalue weighted by molar-refractivity contribution is 7.99. The summed E-state index contributed by atoms with van der Waals surface area (Å²) < 4.78 is 0. The van der Waals surface area contributed by atoms with E-state index in [1.807, 2.05) is 36.4 Å². The molecule has 1 aliphatic carbocycles. The van der Waals surface area contributed by atoms with Crippen LogP contribution >= 0.6 is 11.8 Å². The highest BCUT2D eigenvalue weighted by Gasteiger charge is 2.19. The Morgan fingerprint density at radius 1 is 1.04 bits per heavy atom. The van der Waals surface area contributed by atoms with Gasteiger partial charge >= 0.3 is 0 Å². The van der Waals surface area contributed by atoms with Gasteiger partial charge in [0.1, 0.15) is 0 Å². The van der Waals surface area contributed by atoms with Crippen molar-refractivity contribution in [2.75, 3.05) is 0 Å². The molecule has 0 aromatic heterocycles. The molecule has 0 aliphatic heterocycles. The predicted octanol–water partition coefficient (Wildman–Crippen LogP) is 5.34. The topological polar surface area (TPSA) is 34.1 Å². The molecule has 0 atom stereocenters. The van der Waals surface area contributed by atoms with Crippen molar-refractivity contribution in [3.05, 3.63) is 59.2 Å². The second-order valence-corrected chi connectivity index (χ2v) is 7.04. The molecule has 0 N–H and O–H groups in total. The third-order valence-electron chi connectivity index (χ3n) is 4.17. The lowest BCUT2D eigenvalue weighted by molar-refractivity contribution is 0.0976. The van der Waals surface area contributed by atoms with Gasteiger partial charge in [0, 0.05) is 33.8 Å². The summed E-state index contributed by atoms with van der Waals surface area (Å²) in [6.45, 7) is 2.09. The molecule has 0 saturated heterocycles. The van der Waals surface area contributed by atoms with Gasteiger partial charge in [-0.05, 0) is 42.7 Å². The van der Waals surface area contributed by atoms with E-state index in [0.29, 0.717) is 12.8 Å². The van der Waals surface area contributed by atoms with E-state index in [9.17, 15) is 9.59 Å². The van der Waals surface area contributed by atoms with E-state index < -0.39 is 0 Å². The highest BCUT2D eigenvalue weighted by Crippen LogP contribution is 2.32. The largest absolute Gasteiger partial charge is 0.294 e. The maximum Gasteiger partial charge on any atom is 0.163 e. The summed E-state index contributed by atoms with van der Waals surface area (Å²) in [5.41, 5.74) is 2.83. The van der Waals surface area contributed by atoms with Crippen LogP contribution < -0.4 is 0 Å². The van der Waals surface area contributed by atoms with Gasteiger partial charge in [0.2, 0.25) is 0 Å². The van der Waals surface area contributed by atoms with Gasteiger partial charge in [-0.2, -0.15) is 0 Å². The number of aryl methyl sites for hydroxylation is 1. The maximum absolute atomic E-state index is 12.0. The minimum Gasteiger partial charge on any atom is -0.294 e. The Morgan fingerprint density at radius 3 is 2.52 bits per heavy atom. The molecular formula is C20H20O2S. The normalized spacial score (nSPS) is 13.2. The van der Waals surface area contributed by atoms with Crippen molar-refractivity contribution in [1.29, 1.82) is 0 Å². The zero-order chi connectivity index (χ0) is 16.2. The number of carbonyl (C=O) groups excluding carboxylic acids is 2. The van der Waals surface area contributed by atoms with Crippen LogP contribution in [-0.2, 0) is 6.42 Å². The first-order chi connectivity index (χ1) is 11.2. The van der Waals surface area contributed by atoms with Crippen LogP contribution in [0.2, 0.25) is 0 Å². The first kappa shape index (κ1) is 16.0. The number of unbranched alkanes of at least 4 members (excludes halogenated alkanes) is 1. The molecule has 23 heavy (non-hydrogen) atoms. The number of hydrogen-bond acceptors (Lipinski definition) is 3. The molecule has 3 rings (SSSR count). The number of carbonyl (C=O) groups is 2. The minimum atomic E-state index is 0.222. The fraction of sp³-hybridized carbons (Fsp3) is 0.300. The van der Waals surface area contributed by atoms with Crippen molar-refractivity contribution in [2.45, 2.75) is 48.8 Å². The van der Waals surface area contributed by atoms with Crippen LogP contribution in [0.5, 0.6) is 0 Å². The second kappa shape index (κ2) is 7.14. The van der Waals surface area contributed by atoms with Crippen LogP contribution in [0.1, 0.15) is 58.9 Å². The van der Waals surface area contributed by atoms with Crippen LogP contribution in [0.3, 0.4) is 0 Å². The Bertz CT molecular complexity index is 732. The number of hydrogen-bond donors (Lipinski definition) is 0.